The Morgan fingerprint density at radius 1 is 1.47 bits per heavy atom. The van der Waals surface area contributed by atoms with Gasteiger partial charge in [0.05, 0.1) is 7.11 Å². The van der Waals surface area contributed by atoms with Crippen molar-refractivity contribution in [3.05, 3.63) is 0 Å². The van der Waals surface area contributed by atoms with E-state index in [9.17, 15) is 4.79 Å². The standard InChI is InChI=1S/C13H24N2O2/c1-13(12(16)17-2)6-3-9-15(13)10-11-4-7-14-8-5-11/h11,14H,3-10H2,1-2H3. The smallest absolute Gasteiger partial charge is 0.325 e. The van der Waals surface area contributed by atoms with Crippen molar-refractivity contribution < 1.29 is 9.53 Å². The molecular weight excluding hydrogens is 216 g/mol. The fraction of sp³-hybridized carbons (Fsp3) is 0.923. The molecule has 2 aliphatic rings. The van der Waals surface area contributed by atoms with Gasteiger partial charge in [0.15, 0.2) is 0 Å². The molecule has 2 aliphatic heterocycles. The van der Waals surface area contributed by atoms with Crippen molar-refractivity contribution in [2.45, 2.75) is 38.1 Å². The number of hydrogen-bond donors (Lipinski definition) is 1. The van der Waals surface area contributed by atoms with Gasteiger partial charge in [-0.15, -0.1) is 0 Å². The molecular formula is C13H24N2O2. The maximum atomic E-state index is 11.9. The Labute approximate surface area is 104 Å². The topological polar surface area (TPSA) is 41.6 Å². The number of piperidine rings is 1. The molecule has 0 bridgehead atoms. The molecule has 2 saturated heterocycles. The lowest BCUT2D eigenvalue weighted by Gasteiger charge is -2.36. The second-order valence-corrected chi connectivity index (χ2v) is 5.51. The minimum absolute atomic E-state index is 0.0658. The van der Waals surface area contributed by atoms with Gasteiger partial charge in [-0.3, -0.25) is 9.69 Å². The molecule has 0 aromatic rings. The number of likely N-dealkylation sites (tertiary alicyclic amines) is 1. The van der Waals surface area contributed by atoms with Crippen LogP contribution in [0.2, 0.25) is 0 Å². The number of nitrogens with zero attached hydrogens (tertiary/aromatic N) is 1. The van der Waals surface area contributed by atoms with Crippen molar-refractivity contribution in [1.29, 1.82) is 0 Å². The van der Waals surface area contributed by atoms with E-state index in [1.54, 1.807) is 0 Å². The van der Waals surface area contributed by atoms with Crippen molar-refractivity contribution in [2.24, 2.45) is 5.92 Å². The van der Waals surface area contributed by atoms with Crippen molar-refractivity contribution in [2.75, 3.05) is 33.3 Å². The van der Waals surface area contributed by atoms with Gasteiger partial charge >= 0.3 is 5.97 Å². The van der Waals surface area contributed by atoms with E-state index < -0.39 is 0 Å². The predicted molar refractivity (Wildman–Crippen MR) is 66.8 cm³/mol. The van der Waals surface area contributed by atoms with Gasteiger partial charge in [-0.2, -0.15) is 0 Å². The zero-order valence-electron chi connectivity index (χ0n) is 11.0. The summed E-state index contributed by atoms with van der Waals surface area (Å²) in [6.45, 7) is 6.36. The lowest BCUT2D eigenvalue weighted by atomic mass is 9.94. The number of nitrogens with one attached hydrogen (secondary N) is 1. The average Bonchev–Trinajstić information content (AvgIpc) is 2.72. The number of ether oxygens (including phenoxy) is 1. The summed E-state index contributed by atoms with van der Waals surface area (Å²) < 4.78 is 4.96. The molecule has 0 saturated carbocycles. The summed E-state index contributed by atoms with van der Waals surface area (Å²) in [5.74, 6) is 0.669. The van der Waals surface area contributed by atoms with Crippen molar-refractivity contribution >= 4 is 5.97 Å². The Kier molecular flexibility index (Phi) is 4.05. The van der Waals surface area contributed by atoms with E-state index in [2.05, 4.69) is 10.2 Å². The Hall–Kier alpha value is -0.610. The highest BCUT2D eigenvalue weighted by Crippen LogP contribution is 2.31. The molecule has 2 rings (SSSR count). The highest BCUT2D eigenvalue weighted by molar-refractivity contribution is 5.80. The molecule has 4 heteroatoms. The summed E-state index contributed by atoms with van der Waals surface area (Å²) in [6, 6.07) is 0. The van der Waals surface area contributed by atoms with Crippen LogP contribution in [0.1, 0.15) is 32.6 Å². The minimum Gasteiger partial charge on any atom is -0.468 e. The van der Waals surface area contributed by atoms with Gasteiger partial charge in [-0.1, -0.05) is 0 Å². The van der Waals surface area contributed by atoms with Gasteiger partial charge in [-0.05, 0) is 58.2 Å². The van der Waals surface area contributed by atoms with Crippen LogP contribution in [-0.2, 0) is 9.53 Å². The van der Waals surface area contributed by atoms with Crippen molar-refractivity contribution in [3.63, 3.8) is 0 Å². The van der Waals surface area contributed by atoms with E-state index in [1.807, 2.05) is 6.92 Å². The lowest BCUT2D eigenvalue weighted by molar-refractivity contribution is -0.152. The molecule has 2 fully saturated rings. The van der Waals surface area contributed by atoms with Gasteiger partial charge in [0, 0.05) is 6.54 Å². The van der Waals surface area contributed by atoms with E-state index in [-0.39, 0.29) is 11.5 Å². The molecule has 98 valence electrons. The first-order chi connectivity index (χ1) is 8.16. The third kappa shape index (κ3) is 2.63. The third-order valence-electron chi connectivity index (χ3n) is 4.35. The van der Waals surface area contributed by atoms with Crippen LogP contribution in [-0.4, -0.2) is 49.7 Å². The highest BCUT2D eigenvalue weighted by atomic mass is 16.5. The number of esters is 1. The van der Waals surface area contributed by atoms with E-state index in [0.29, 0.717) is 0 Å². The summed E-state index contributed by atoms with van der Waals surface area (Å²) in [6.07, 6.45) is 4.50. The van der Waals surface area contributed by atoms with E-state index in [0.717, 1.165) is 44.9 Å². The third-order valence-corrected chi connectivity index (χ3v) is 4.35. The van der Waals surface area contributed by atoms with Gasteiger partial charge < -0.3 is 10.1 Å². The highest BCUT2D eigenvalue weighted by Gasteiger charge is 2.44. The van der Waals surface area contributed by atoms with E-state index in [4.69, 9.17) is 4.74 Å². The van der Waals surface area contributed by atoms with Crippen LogP contribution in [0, 0.1) is 5.92 Å². The number of carbonyl (C=O) groups is 1. The van der Waals surface area contributed by atoms with Crippen LogP contribution in [0.15, 0.2) is 0 Å². The summed E-state index contributed by atoms with van der Waals surface area (Å²) >= 11 is 0. The van der Waals surface area contributed by atoms with Crippen LogP contribution in [0.25, 0.3) is 0 Å². The Balaban J connectivity index is 1.96. The Morgan fingerprint density at radius 2 is 2.18 bits per heavy atom. The Bertz CT molecular complexity index is 277. The number of carbonyl (C=O) groups excluding carboxylic acids is 1. The minimum atomic E-state index is -0.375. The van der Waals surface area contributed by atoms with Gasteiger partial charge in [0.25, 0.3) is 0 Å². The van der Waals surface area contributed by atoms with Crippen LogP contribution < -0.4 is 5.32 Å². The molecule has 0 aromatic heterocycles. The number of rotatable bonds is 3. The number of methoxy groups -OCH3 is 1. The van der Waals surface area contributed by atoms with E-state index >= 15 is 0 Å². The molecule has 2 heterocycles. The van der Waals surface area contributed by atoms with Crippen molar-refractivity contribution in [1.82, 2.24) is 10.2 Å². The van der Waals surface area contributed by atoms with Crippen LogP contribution in [0.5, 0.6) is 0 Å². The quantitative estimate of drug-likeness (QED) is 0.748. The normalized spacial score (nSPS) is 31.6. The van der Waals surface area contributed by atoms with Crippen molar-refractivity contribution in [3.8, 4) is 0 Å². The average molecular weight is 240 g/mol. The molecule has 1 unspecified atom stereocenters. The molecule has 0 aliphatic carbocycles. The van der Waals surface area contributed by atoms with Crippen LogP contribution >= 0.6 is 0 Å². The second-order valence-electron chi connectivity index (χ2n) is 5.51. The zero-order chi connectivity index (χ0) is 12.3. The maximum absolute atomic E-state index is 11.9. The summed E-state index contributed by atoms with van der Waals surface area (Å²) in [5.41, 5.74) is -0.375. The molecule has 0 spiro atoms. The second kappa shape index (κ2) is 5.36. The van der Waals surface area contributed by atoms with Crippen LogP contribution in [0.3, 0.4) is 0 Å². The first-order valence-electron chi connectivity index (χ1n) is 6.71. The summed E-state index contributed by atoms with van der Waals surface area (Å²) in [7, 11) is 1.49. The Morgan fingerprint density at radius 3 is 2.82 bits per heavy atom. The molecule has 0 radical (unpaired) electrons. The summed E-state index contributed by atoms with van der Waals surface area (Å²) in [4.78, 5) is 14.3. The molecule has 1 N–H and O–H groups in total. The maximum Gasteiger partial charge on any atom is 0.325 e. The molecule has 4 nitrogen and oxygen atoms in total. The zero-order valence-corrected chi connectivity index (χ0v) is 11.0. The SMILES string of the molecule is COC(=O)C1(C)CCCN1CC1CCNCC1. The van der Waals surface area contributed by atoms with Crippen LogP contribution in [0.4, 0.5) is 0 Å². The first kappa shape index (κ1) is 12.8. The molecule has 0 amide bonds. The largest absolute Gasteiger partial charge is 0.468 e. The monoisotopic (exact) mass is 240 g/mol. The number of hydrogen-bond acceptors (Lipinski definition) is 4. The molecule has 1 atom stereocenters. The van der Waals surface area contributed by atoms with E-state index in [1.165, 1.54) is 20.0 Å². The predicted octanol–water partition coefficient (Wildman–Crippen LogP) is 1.01. The van der Waals surface area contributed by atoms with Gasteiger partial charge in [-0.25, -0.2) is 0 Å². The summed E-state index contributed by atoms with van der Waals surface area (Å²) in [5, 5.41) is 3.38. The fourth-order valence-electron chi connectivity index (χ4n) is 3.14. The fourth-order valence-corrected chi connectivity index (χ4v) is 3.14. The van der Waals surface area contributed by atoms with Gasteiger partial charge in [0.2, 0.25) is 0 Å². The molecule has 17 heavy (non-hydrogen) atoms. The lowest BCUT2D eigenvalue weighted by Crippen LogP contribution is -2.51. The first-order valence-corrected chi connectivity index (χ1v) is 6.71. The van der Waals surface area contributed by atoms with Gasteiger partial charge in [0.1, 0.15) is 5.54 Å². The molecule has 0 aromatic carbocycles.